The molecule has 1 aromatic rings. The summed E-state index contributed by atoms with van der Waals surface area (Å²) in [4.78, 5) is 4.22. The van der Waals surface area contributed by atoms with Gasteiger partial charge in [-0.05, 0) is 56.1 Å². The first kappa shape index (κ1) is 12.1. The van der Waals surface area contributed by atoms with Gasteiger partial charge >= 0.3 is 0 Å². The topological polar surface area (TPSA) is 24.9 Å². The summed E-state index contributed by atoms with van der Waals surface area (Å²) in [5, 5.41) is 3.78. The molecule has 1 heterocycles. The van der Waals surface area contributed by atoms with Crippen LogP contribution in [0, 0.1) is 17.7 Å². The minimum absolute atomic E-state index is 0.255. The highest BCUT2D eigenvalue weighted by Gasteiger charge is 2.42. The van der Waals surface area contributed by atoms with Gasteiger partial charge < -0.3 is 5.32 Å². The average Bonchev–Trinajstić information content (AvgIpc) is 3.26. The third kappa shape index (κ3) is 2.72. The number of nitrogens with zero attached hydrogens (tertiary/aromatic N) is 1. The Labute approximate surface area is 108 Å². The lowest BCUT2D eigenvalue weighted by Gasteiger charge is -2.24. The third-order valence-corrected chi connectivity index (χ3v) is 4.17. The Balaban J connectivity index is 1.69. The number of aromatic nitrogens is 1. The minimum Gasteiger partial charge on any atom is -0.305 e. The molecule has 0 aliphatic heterocycles. The molecule has 0 amide bonds. The quantitative estimate of drug-likeness (QED) is 0.834. The van der Waals surface area contributed by atoms with E-state index < -0.39 is 0 Å². The van der Waals surface area contributed by atoms with Crippen LogP contribution in [0.4, 0.5) is 4.39 Å². The molecule has 0 bridgehead atoms. The van der Waals surface area contributed by atoms with E-state index in [9.17, 15) is 4.39 Å². The maximum absolute atomic E-state index is 12.9. The summed E-state index contributed by atoms with van der Waals surface area (Å²) in [6, 6.07) is 4.27. The van der Waals surface area contributed by atoms with Crippen molar-refractivity contribution in [3.63, 3.8) is 0 Å². The summed E-state index contributed by atoms with van der Waals surface area (Å²) in [6.07, 6.45) is 7.84. The van der Waals surface area contributed by atoms with E-state index >= 15 is 0 Å². The molecule has 0 spiro atoms. The Hall–Kier alpha value is -0.960. The van der Waals surface area contributed by atoms with E-state index in [0.717, 1.165) is 24.0 Å². The molecule has 1 unspecified atom stereocenters. The maximum Gasteiger partial charge on any atom is 0.141 e. The molecule has 2 aliphatic rings. The molecule has 0 radical (unpaired) electrons. The van der Waals surface area contributed by atoms with Gasteiger partial charge in [0, 0.05) is 12.1 Å². The van der Waals surface area contributed by atoms with E-state index in [1.165, 1.54) is 37.9 Å². The summed E-state index contributed by atoms with van der Waals surface area (Å²) in [5.41, 5.74) is 0.977. The molecule has 2 fully saturated rings. The highest BCUT2D eigenvalue weighted by Crippen LogP contribution is 2.45. The summed E-state index contributed by atoms with van der Waals surface area (Å²) in [7, 11) is 0. The fourth-order valence-corrected chi connectivity index (χ4v) is 2.81. The van der Waals surface area contributed by atoms with E-state index in [1.807, 2.05) is 6.07 Å². The van der Waals surface area contributed by atoms with Crippen molar-refractivity contribution >= 4 is 0 Å². The normalized spacial score (nSPS) is 21.3. The predicted octanol–water partition coefficient (Wildman–Crippen LogP) is 3.45. The van der Waals surface area contributed by atoms with Crippen molar-refractivity contribution in [3.8, 4) is 0 Å². The van der Waals surface area contributed by atoms with Crippen LogP contribution in [-0.4, -0.2) is 11.0 Å². The molecule has 3 rings (SSSR count). The Morgan fingerprint density at radius 1 is 1.28 bits per heavy atom. The van der Waals surface area contributed by atoms with Crippen molar-refractivity contribution in [2.45, 2.75) is 51.1 Å². The first-order valence-electron chi connectivity index (χ1n) is 7.15. The van der Waals surface area contributed by atoms with Crippen LogP contribution in [0.1, 0.15) is 50.8 Å². The molecule has 18 heavy (non-hydrogen) atoms. The number of halogens is 1. The zero-order valence-corrected chi connectivity index (χ0v) is 10.9. The third-order valence-electron chi connectivity index (χ3n) is 4.17. The van der Waals surface area contributed by atoms with Crippen molar-refractivity contribution < 1.29 is 4.39 Å². The number of rotatable bonds is 6. The van der Waals surface area contributed by atoms with Crippen molar-refractivity contribution in [3.05, 3.63) is 29.8 Å². The second-order valence-electron chi connectivity index (χ2n) is 5.73. The summed E-state index contributed by atoms with van der Waals surface area (Å²) in [5.74, 6) is 1.51. The number of hydrogen-bond donors (Lipinski definition) is 1. The molecule has 2 saturated carbocycles. The summed E-state index contributed by atoms with van der Waals surface area (Å²) in [6.45, 7) is 2.17. The summed E-state index contributed by atoms with van der Waals surface area (Å²) < 4.78 is 12.9. The van der Waals surface area contributed by atoms with E-state index in [2.05, 4.69) is 17.2 Å². The van der Waals surface area contributed by atoms with Gasteiger partial charge in [-0.15, -0.1) is 0 Å². The molecule has 2 nitrogen and oxygen atoms in total. The van der Waals surface area contributed by atoms with E-state index in [1.54, 1.807) is 0 Å². The van der Waals surface area contributed by atoms with Crippen LogP contribution in [-0.2, 0) is 0 Å². The van der Waals surface area contributed by atoms with Gasteiger partial charge in [0.05, 0.1) is 11.9 Å². The lowest BCUT2D eigenvalue weighted by atomic mass is 10.0. The van der Waals surface area contributed by atoms with E-state index in [-0.39, 0.29) is 11.9 Å². The number of nitrogens with one attached hydrogen (secondary N) is 1. The zero-order chi connectivity index (χ0) is 12.5. The van der Waals surface area contributed by atoms with Crippen LogP contribution in [0.15, 0.2) is 18.3 Å². The molecule has 1 aromatic heterocycles. The fraction of sp³-hybridized carbons (Fsp3) is 0.667. The molecule has 98 valence electrons. The molecule has 0 saturated heterocycles. The highest BCUT2D eigenvalue weighted by molar-refractivity contribution is 5.11. The van der Waals surface area contributed by atoms with Gasteiger partial charge in [-0.1, -0.05) is 6.92 Å². The van der Waals surface area contributed by atoms with Crippen molar-refractivity contribution in [2.24, 2.45) is 11.8 Å². The molecule has 3 heteroatoms. The molecule has 0 aromatic carbocycles. The van der Waals surface area contributed by atoms with Crippen molar-refractivity contribution in [2.75, 3.05) is 0 Å². The Kier molecular flexibility index (Phi) is 3.33. The average molecular weight is 248 g/mol. The highest BCUT2D eigenvalue weighted by atomic mass is 19.1. The lowest BCUT2D eigenvalue weighted by Crippen LogP contribution is -2.36. The smallest absolute Gasteiger partial charge is 0.141 e. The van der Waals surface area contributed by atoms with E-state index in [4.69, 9.17) is 0 Å². The van der Waals surface area contributed by atoms with Crippen molar-refractivity contribution in [1.82, 2.24) is 10.3 Å². The fourth-order valence-electron chi connectivity index (χ4n) is 2.81. The molecular weight excluding hydrogens is 227 g/mol. The van der Waals surface area contributed by atoms with E-state index in [0.29, 0.717) is 6.04 Å². The van der Waals surface area contributed by atoms with Gasteiger partial charge in [-0.2, -0.15) is 0 Å². The Morgan fingerprint density at radius 3 is 2.39 bits per heavy atom. The van der Waals surface area contributed by atoms with Gasteiger partial charge in [-0.3, -0.25) is 4.98 Å². The lowest BCUT2D eigenvalue weighted by molar-refractivity contribution is 0.355. The van der Waals surface area contributed by atoms with Crippen LogP contribution in [0.5, 0.6) is 0 Å². The first-order chi connectivity index (χ1) is 8.78. The van der Waals surface area contributed by atoms with Crippen molar-refractivity contribution in [1.29, 1.82) is 0 Å². The second kappa shape index (κ2) is 4.96. The van der Waals surface area contributed by atoms with Crippen LogP contribution < -0.4 is 5.32 Å². The molecular formula is C15H21FN2. The van der Waals surface area contributed by atoms with Gasteiger partial charge in [-0.25, -0.2) is 4.39 Å². The Morgan fingerprint density at radius 2 is 1.94 bits per heavy atom. The zero-order valence-electron chi connectivity index (χ0n) is 10.9. The maximum atomic E-state index is 12.9. The van der Waals surface area contributed by atoms with Gasteiger partial charge in [0.1, 0.15) is 5.82 Å². The summed E-state index contributed by atoms with van der Waals surface area (Å²) >= 11 is 0. The molecule has 1 atom stereocenters. The Bertz CT molecular complexity index is 383. The standard InChI is InChI=1S/C15H21FN2/c1-2-13(14-8-7-12(16)9-17-14)18-15(10-3-4-10)11-5-6-11/h7-11,13,15,18H,2-6H2,1H3. The van der Waals surface area contributed by atoms with Gasteiger partial charge in [0.2, 0.25) is 0 Å². The minimum atomic E-state index is -0.255. The molecule has 2 aliphatic carbocycles. The first-order valence-corrected chi connectivity index (χ1v) is 7.15. The van der Waals surface area contributed by atoms with Gasteiger partial charge in [0.25, 0.3) is 0 Å². The number of pyridine rings is 1. The van der Waals surface area contributed by atoms with Crippen LogP contribution >= 0.6 is 0 Å². The van der Waals surface area contributed by atoms with Crippen LogP contribution in [0.25, 0.3) is 0 Å². The second-order valence-corrected chi connectivity index (χ2v) is 5.73. The monoisotopic (exact) mass is 248 g/mol. The molecule has 1 N–H and O–H groups in total. The number of hydrogen-bond acceptors (Lipinski definition) is 2. The SMILES string of the molecule is CCC(NC(C1CC1)C1CC1)c1ccc(F)cn1. The predicted molar refractivity (Wildman–Crippen MR) is 69.6 cm³/mol. The van der Waals surface area contributed by atoms with Crippen LogP contribution in [0.3, 0.4) is 0 Å². The largest absolute Gasteiger partial charge is 0.305 e. The van der Waals surface area contributed by atoms with Crippen LogP contribution in [0.2, 0.25) is 0 Å². The van der Waals surface area contributed by atoms with Gasteiger partial charge in [0.15, 0.2) is 0 Å².